The van der Waals surface area contributed by atoms with Crippen molar-refractivity contribution in [3.05, 3.63) is 36.0 Å². The number of methoxy groups -OCH3 is 1. The molecular weight excluding hydrogens is 410 g/mol. The predicted molar refractivity (Wildman–Crippen MR) is 120 cm³/mol. The van der Waals surface area contributed by atoms with Gasteiger partial charge in [-0.2, -0.15) is 19.9 Å². The SMILES string of the molecule is COc1ccc(-c2noc(CN3CCN(C(C)c4nc(N)nc(N(C)C)n4)CC3)n2)cc1. The van der Waals surface area contributed by atoms with Crippen LogP contribution in [0, 0.1) is 0 Å². The maximum atomic E-state index is 5.89. The van der Waals surface area contributed by atoms with Gasteiger partial charge < -0.3 is 19.9 Å². The van der Waals surface area contributed by atoms with E-state index in [1.807, 2.05) is 43.3 Å². The molecule has 11 heteroatoms. The highest BCUT2D eigenvalue weighted by atomic mass is 16.5. The van der Waals surface area contributed by atoms with E-state index in [0.29, 0.717) is 30.0 Å². The van der Waals surface area contributed by atoms with Crippen molar-refractivity contribution >= 4 is 11.9 Å². The third-order valence-electron chi connectivity index (χ3n) is 5.56. The van der Waals surface area contributed by atoms with Crippen LogP contribution in [0.25, 0.3) is 11.4 Å². The largest absolute Gasteiger partial charge is 0.497 e. The maximum absolute atomic E-state index is 5.89. The molecule has 11 nitrogen and oxygen atoms in total. The zero-order valence-corrected chi connectivity index (χ0v) is 18.9. The van der Waals surface area contributed by atoms with Crippen molar-refractivity contribution in [1.82, 2.24) is 34.9 Å². The lowest BCUT2D eigenvalue weighted by Gasteiger charge is -2.36. The Morgan fingerprint density at radius 2 is 1.78 bits per heavy atom. The number of nitrogens with zero attached hydrogens (tertiary/aromatic N) is 8. The fraction of sp³-hybridized carbons (Fsp3) is 0.476. The lowest BCUT2D eigenvalue weighted by atomic mass is 10.2. The first kappa shape index (κ1) is 21.9. The van der Waals surface area contributed by atoms with E-state index in [4.69, 9.17) is 15.0 Å². The molecule has 0 radical (unpaired) electrons. The Bertz CT molecular complexity index is 1030. The first-order chi connectivity index (χ1) is 15.4. The Labute approximate surface area is 187 Å². The molecule has 1 aliphatic heterocycles. The van der Waals surface area contributed by atoms with E-state index in [1.54, 1.807) is 7.11 Å². The average Bonchev–Trinajstić information content (AvgIpc) is 3.27. The van der Waals surface area contributed by atoms with Gasteiger partial charge in [0.05, 0.1) is 19.7 Å². The molecule has 1 unspecified atom stereocenters. The number of ether oxygens (including phenoxy) is 1. The molecule has 32 heavy (non-hydrogen) atoms. The van der Waals surface area contributed by atoms with Crippen molar-refractivity contribution in [3.8, 4) is 17.1 Å². The van der Waals surface area contributed by atoms with Gasteiger partial charge in [0.2, 0.25) is 23.6 Å². The van der Waals surface area contributed by atoms with Gasteiger partial charge in [-0.15, -0.1) is 0 Å². The number of benzene rings is 1. The summed E-state index contributed by atoms with van der Waals surface area (Å²) in [4.78, 5) is 24.1. The highest BCUT2D eigenvalue weighted by molar-refractivity contribution is 5.55. The first-order valence-corrected chi connectivity index (χ1v) is 10.5. The van der Waals surface area contributed by atoms with Crippen LogP contribution in [0.3, 0.4) is 0 Å². The van der Waals surface area contributed by atoms with Crippen molar-refractivity contribution in [3.63, 3.8) is 0 Å². The number of nitrogen functional groups attached to an aromatic ring is 1. The summed E-state index contributed by atoms with van der Waals surface area (Å²) < 4.78 is 10.7. The minimum atomic E-state index is 0.0474. The van der Waals surface area contributed by atoms with Crippen molar-refractivity contribution in [1.29, 1.82) is 0 Å². The summed E-state index contributed by atoms with van der Waals surface area (Å²) in [6.45, 7) is 6.24. The van der Waals surface area contributed by atoms with Crippen LogP contribution in [0.5, 0.6) is 5.75 Å². The number of rotatable bonds is 7. The van der Waals surface area contributed by atoms with E-state index in [2.05, 4.69) is 41.8 Å². The Balaban J connectivity index is 1.34. The molecule has 4 rings (SSSR count). The van der Waals surface area contributed by atoms with Crippen LogP contribution in [-0.2, 0) is 6.54 Å². The van der Waals surface area contributed by atoms with Gasteiger partial charge in [0.25, 0.3) is 0 Å². The number of nitrogens with two attached hydrogens (primary N) is 1. The van der Waals surface area contributed by atoms with E-state index in [1.165, 1.54) is 0 Å². The fourth-order valence-electron chi connectivity index (χ4n) is 3.62. The molecule has 3 heterocycles. The van der Waals surface area contributed by atoms with Gasteiger partial charge in [-0.3, -0.25) is 9.80 Å². The molecule has 170 valence electrons. The minimum absolute atomic E-state index is 0.0474. The topological polar surface area (TPSA) is 123 Å². The molecule has 0 saturated carbocycles. The van der Waals surface area contributed by atoms with Gasteiger partial charge in [-0.1, -0.05) is 5.16 Å². The Morgan fingerprint density at radius 1 is 1.06 bits per heavy atom. The number of hydrogen-bond acceptors (Lipinski definition) is 11. The number of aromatic nitrogens is 5. The summed E-state index contributed by atoms with van der Waals surface area (Å²) in [5.74, 6) is 3.49. The third-order valence-corrected chi connectivity index (χ3v) is 5.56. The molecule has 3 aromatic rings. The average molecular weight is 440 g/mol. The summed E-state index contributed by atoms with van der Waals surface area (Å²) in [7, 11) is 5.42. The van der Waals surface area contributed by atoms with Gasteiger partial charge in [-0.25, -0.2) is 0 Å². The molecule has 1 atom stereocenters. The summed E-state index contributed by atoms with van der Waals surface area (Å²) in [6.07, 6.45) is 0. The predicted octanol–water partition coefficient (Wildman–Crippen LogP) is 1.46. The molecular formula is C21H29N9O2. The van der Waals surface area contributed by atoms with E-state index in [-0.39, 0.29) is 12.0 Å². The maximum Gasteiger partial charge on any atom is 0.241 e. The molecule has 0 amide bonds. The van der Waals surface area contributed by atoms with Crippen molar-refractivity contribution in [2.45, 2.75) is 19.5 Å². The Kier molecular flexibility index (Phi) is 6.47. The molecule has 0 bridgehead atoms. The standard InChI is InChI=1S/C21H29N9O2/c1-14(18-24-20(22)26-21(25-18)28(2)3)30-11-9-29(10-12-30)13-17-23-19(27-32-17)15-5-7-16(31-4)8-6-15/h5-8,14H,9-13H2,1-4H3,(H2,22,24,25,26). The highest BCUT2D eigenvalue weighted by Gasteiger charge is 2.25. The summed E-state index contributed by atoms with van der Waals surface area (Å²) in [5, 5.41) is 4.12. The lowest BCUT2D eigenvalue weighted by molar-refractivity contribution is 0.0877. The van der Waals surface area contributed by atoms with Crippen LogP contribution in [0.2, 0.25) is 0 Å². The lowest BCUT2D eigenvalue weighted by Crippen LogP contribution is -2.47. The molecule has 1 fully saturated rings. The number of hydrogen-bond donors (Lipinski definition) is 1. The van der Waals surface area contributed by atoms with Gasteiger partial charge in [0.1, 0.15) is 5.75 Å². The molecule has 0 aliphatic carbocycles. The van der Waals surface area contributed by atoms with Crippen LogP contribution < -0.4 is 15.4 Å². The van der Waals surface area contributed by atoms with Gasteiger partial charge >= 0.3 is 0 Å². The highest BCUT2D eigenvalue weighted by Crippen LogP contribution is 2.22. The quantitative estimate of drug-likeness (QED) is 0.575. The Hall–Kier alpha value is -3.31. The Morgan fingerprint density at radius 3 is 2.44 bits per heavy atom. The second-order valence-electron chi connectivity index (χ2n) is 7.97. The van der Waals surface area contributed by atoms with Crippen LogP contribution in [0.4, 0.5) is 11.9 Å². The van der Waals surface area contributed by atoms with Crippen LogP contribution >= 0.6 is 0 Å². The smallest absolute Gasteiger partial charge is 0.241 e. The van der Waals surface area contributed by atoms with Crippen molar-refractivity contribution < 1.29 is 9.26 Å². The van der Waals surface area contributed by atoms with E-state index >= 15 is 0 Å². The molecule has 1 aromatic carbocycles. The van der Waals surface area contributed by atoms with E-state index < -0.39 is 0 Å². The van der Waals surface area contributed by atoms with E-state index in [9.17, 15) is 0 Å². The number of anilines is 2. The molecule has 2 aromatic heterocycles. The normalized spacial score (nSPS) is 16.1. The van der Waals surface area contributed by atoms with Gasteiger partial charge in [0, 0.05) is 45.8 Å². The van der Waals surface area contributed by atoms with Crippen LogP contribution in [-0.4, -0.2) is 82.3 Å². The first-order valence-electron chi connectivity index (χ1n) is 10.5. The van der Waals surface area contributed by atoms with Crippen LogP contribution in [0.1, 0.15) is 24.7 Å². The third kappa shape index (κ3) is 4.94. The van der Waals surface area contributed by atoms with Crippen molar-refractivity contribution in [2.24, 2.45) is 0 Å². The summed E-state index contributed by atoms with van der Waals surface area (Å²) in [6, 6.07) is 7.65. The molecule has 0 spiro atoms. The molecule has 1 saturated heterocycles. The second kappa shape index (κ2) is 9.45. The zero-order chi connectivity index (χ0) is 22.7. The summed E-state index contributed by atoms with van der Waals surface area (Å²) in [5.41, 5.74) is 6.78. The molecule has 1 aliphatic rings. The second-order valence-corrected chi connectivity index (χ2v) is 7.97. The minimum Gasteiger partial charge on any atom is -0.497 e. The van der Waals surface area contributed by atoms with Crippen LogP contribution in [0.15, 0.2) is 28.8 Å². The van der Waals surface area contributed by atoms with Gasteiger partial charge in [-0.05, 0) is 31.2 Å². The fourth-order valence-corrected chi connectivity index (χ4v) is 3.62. The number of piperazine rings is 1. The monoisotopic (exact) mass is 439 g/mol. The molecule has 2 N–H and O–H groups in total. The summed E-state index contributed by atoms with van der Waals surface area (Å²) >= 11 is 0. The van der Waals surface area contributed by atoms with E-state index in [0.717, 1.165) is 37.5 Å². The van der Waals surface area contributed by atoms with Crippen molar-refractivity contribution in [2.75, 3.05) is 58.0 Å². The van der Waals surface area contributed by atoms with Gasteiger partial charge in [0.15, 0.2) is 5.82 Å². The zero-order valence-electron chi connectivity index (χ0n) is 18.9.